The Hall–Kier alpha value is -3.13. The Kier molecular flexibility index (Phi) is 4.99. The maximum absolute atomic E-state index is 13.2. The predicted molar refractivity (Wildman–Crippen MR) is 101 cm³/mol. The molecule has 0 spiro atoms. The average Bonchev–Trinajstić information content (AvgIpc) is 2.88. The molecule has 0 aliphatic carbocycles. The van der Waals surface area contributed by atoms with E-state index in [4.69, 9.17) is 10.5 Å². The summed E-state index contributed by atoms with van der Waals surface area (Å²) in [4.78, 5) is 10.9. The van der Waals surface area contributed by atoms with Gasteiger partial charge in [-0.1, -0.05) is 24.8 Å². The summed E-state index contributed by atoms with van der Waals surface area (Å²) in [6.07, 6.45) is -2.81. The molecule has 0 amide bonds. The molecule has 1 heterocycles. The van der Waals surface area contributed by atoms with E-state index >= 15 is 0 Å². The van der Waals surface area contributed by atoms with Gasteiger partial charge in [0.25, 0.3) is 0 Å². The molecule has 0 radical (unpaired) electrons. The first-order valence-corrected chi connectivity index (χ1v) is 8.89. The Labute approximate surface area is 161 Å². The van der Waals surface area contributed by atoms with Crippen LogP contribution in [0.5, 0.6) is 0 Å². The number of aromatic carboxylic acids is 1. The average molecular weight is 404 g/mol. The second-order valence-corrected chi connectivity index (χ2v) is 7.18. The summed E-state index contributed by atoms with van der Waals surface area (Å²) in [7, 11) is 0. The maximum atomic E-state index is 13.2. The highest BCUT2D eigenvalue weighted by Crippen LogP contribution is 2.33. The van der Waals surface area contributed by atoms with Crippen molar-refractivity contribution in [1.29, 1.82) is 5.41 Å². The fraction of sp³-hybridized carbons (Fsp3) is 0.100. The van der Waals surface area contributed by atoms with Gasteiger partial charge in [0.05, 0.1) is 26.0 Å². The Morgan fingerprint density at radius 1 is 1.21 bits per heavy atom. The summed E-state index contributed by atoms with van der Waals surface area (Å²) in [6.45, 7) is 5.24. The van der Waals surface area contributed by atoms with E-state index in [1.54, 1.807) is 18.2 Å². The van der Waals surface area contributed by atoms with Gasteiger partial charge in [-0.3, -0.25) is 9.98 Å². The molecule has 0 aliphatic rings. The van der Waals surface area contributed by atoms with Crippen LogP contribution in [0.2, 0.25) is 0 Å². The third-order valence-corrected chi connectivity index (χ3v) is 5.19. The molecule has 0 aliphatic heterocycles. The molecule has 3 rings (SSSR count). The highest BCUT2D eigenvalue weighted by atomic mass is 32.1. The number of nitrogens with zero attached hydrogens (tertiary/aromatic N) is 1. The lowest BCUT2D eigenvalue weighted by molar-refractivity contribution is -0.138. The van der Waals surface area contributed by atoms with Gasteiger partial charge in [0.1, 0.15) is 5.49 Å². The first kappa shape index (κ1) is 19.6. The Morgan fingerprint density at radius 3 is 2.43 bits per heavy atom. The monoisotopic (exact) mass is 404 g/mol. The molecule has 4 nitrogen and oxygen atoms in total. The zero-order chi connectivity index (χ0) is 20.6. The summed E-state index contributed by atoms with van der Waals surface area (Å²) >= 11 is 1.17. The molecule has 0 bridgehead atoms. The van der Waals surface area contributed by atoms with E-state index < -0.39 is 17.7 Å². The van der Waals surface area contributed by atoms with Crippen LogP contribution in [0.15, 0.2) is 42.5 Å². The number of carboxylic acids is 1. The highest BCUT2D eigenvalue weighted by molar-refractivity contribution is 7.07. The molecule has 8 heteroatoms. The van der Waals surface area contributed by atoms with E-state index in [0.717, 1.165) is 6.07 Å². The van der Waals surface area contributed by atoms with Gasteiger partial charge in [-0.2, -0.15) is 13.2 Å². The Balaban J connectivity index is 2.15. The number of thiazole rings is 1. The number of hydrogen-bond donors (Lipinski definition) is 2. The van der Waals surface area contributed by atoms with Crippen LogP contribution < -0.4 is 14.7 Å². The summed E-state index contributed by atoms with van der Waals surface area (Å²) in [5.74, 6) is -1.04. The Bertz CT molecular complexity index is 1220. The molecule has 1 aromatic heterocycles. The van der Waals surface area contributed by atoms with Crippen LogP contribution in [0.4, 0.5) is 13.2 Å². The zero-order valence-electron chi connectivity index (χ0n) is 14.7. The molecule has 0 unspecified atom stereocenters. The SMILES string of the molecule is C=c1s/c(=C\c2ccc(C(=O)O)cc2)c(=N)n1-c1cccc(C(F)(F)F)c1C. The first-order valence-electron chi connectivity index (χ1n) is 8.07. The summed E-state index contributed by atoms with van der Waals surface area (Å²) in [5.41, 5.74) is 0.349. The number of rotatable bonds is 3. The number of aromatic nitrogens is 1. The molecular formula is C20H15F3N2O2S. The van der Waals surface area contributed by atoms with Crippen molar-refractivity contribution in [3.63, 3.8) is 0 Å². The third kappa shape index (κ3) is 3.63. The minimum Gasteiger partial charge on any atom is -0.478 e. The van der Waals surface area contributed by atoms with Crippen LogP contribution in [0, 0.1) is 12.3 Å². The summed E-state index contributed by atoms with van der Waals surface area (Å²) in [5, 5.41) is 17.4. The van der Waals surface area contributed by atoms with Crippen LogP contribution in [-0.4, -0.2) is 15.6 Å². The van der Waals surface area contributed by atoms with E-state index in [1.807, 2.05) is 0 Å². The van der Waals surface area contributed by atoms with Crippen LogP contribution in [0.1, 0.15) is 27.0 Å². The Morgan fingerprint density at radius 2 is 1.86 bits per heavy atom. The molecule has 3 aromatic rings. The fourth-order valence-electron chi connectivity index (χ4n) is 2.85. The highest BCUT2D eigenvalue weighted by Gasteiger charge is 2.33. The van der Waals surface area contributed by atoms with E-state index in [-0.39, 0.29) is 22.3 Å². The predicted octanol–water partition coefficient (Wildman–Crippen LogP) is 3.28. The van der Waals surface area contributed by atoms with Crippen molar-refractivity contribution in [3.8, 4) is 5.69 Å². The number of halogens is 3. The van der Waals surface area contributed by atoms with Gasteiger partial charge < -0.3 is 5.11 Å². The van der Waals surface area contributed by atoms with Crippen molar-refractivity contribution in [2.75, 3.05) is 0 Å². The lowest BCUT2D eigenvalue weighted by Gasteiger charge is -2.14. The molecule has 2 N–H and O–H groups in total. The standard InChI is InChI=1S/C20H15F3N2O2S/c1-11-15(20(21,22)23)4-3-5-16(11)25-12(2)28-17(18(25)24)10-13-6-8-14(9-7-13)19(26)27/h3-10,24H,2H2,1H3,(H,26,27)/b17-10-,24-18?. The van der Waals surface area contributed by atoms with Crippen LogP contribution in [0.25, 0.3) is 18.3 Å². The van der Waals surface area contributed by atoms with E-state index in [9.17, 15) is 18.0 Å². The van der Waals surface area contributed by atoms with Crippen molar-refractivity contribution >= 4 is 30.0 Å². The largest absolute Gasteiger partial charge is 0.478 e. The van der Waals surface area contributed by atoms with Gasteiger partial charge in [0, 0.05) is 0 Å². The van der Waals surface area contributed by atoms with Gasteiger partial charge in [-0.05, 0) is 48.4 Å². The number of alkyl halides is 3. The van der Waals surface area contributed by atoms with Crippen molar-refractivity contribution in [2.24, 2.45) is 0 Å². The lowest BCUT2D eigenvalue weighted by atomic mass is 10.1. The van der Waals surface area contributed by atoms with Crippen molar-refractivity contribution < 1.29 is 23.1 Å². The molecule has 0 saturated heterocycles. The number of carbonyl (C=O) groups is 1. The van der Waals surface area contributed by atoms with Gasteiger partial charge in [0.15, 0.2) is 0 Å². The number of nitrogens with one attached hydrogen (secondary N) is 1. The quantitative estimate of drug-likeness (QED) is 0.704. The molecule has 144 valence electrons. The topological polar surface area (TPSA) is 66.1 Å². The van der Waals surface area contributed by atoms with E-state index in [2.05, 4.69) is 6.58 Å². The van der Waals surface area contributed by atoms with E-state index in [0.29, 0.717) is 14.8 Å². The molecular weight excluding hydrogens is 389 g/mol. The van der Waals surface area contributed by atoms with Gasteiger partial charge in [0.2, 0.25) is 0 Å². The molecule has 0 atom stereocenters. The molecule has 0 saturated carbocycles. The number of carboxylic acid groups (broad SMARTS) is 1. The summed E-state index contributed by atoms with van der Waals surface area (Å²) in [6, 6.07) is 9.94. The van der Waals surface area contributed by atoms with Crippen LogP contribution in [-0.2, 0) is 6.18 Å². The number of benzene rings is 2. The number of hydrogen-bond acceptors (Lipinski definition) is 3. The smallest absolute Gasteiger partial charge is 0.416 e. The first-order chi connectivity index (χ1) is 13.1. The maximum Gasteiger partial charge on any atom is 0.416 e. The lowest BCUT2D eigenvalue weighted by Crippen LogP contribution is -2.30. The van der Waals surface area contributed by atoms with E-state index in [1.165, 1.54) is 47.1 Å². The minimum absolute atomic E-state index is 0.0136. The molecule has 0 fully saturated rings. The minimum atomic E-state index is -4.49. The van der Waals surface area contributed by atoms with Crippen LogP contribution >= 0.6 is 11.3 Å². The third-order valence-electron chi connectivity index (χ3n) is 4.24. The zero-order valence-corrected chi connectivity index (χ0v) is 15.5. The van der Waals surface area contributed by atoms with Gasteiger partial charge >= 0.3 is 12.1 Å². The second-order valence-electron chi connectivity index (χ2n) is 6.06. The van der Waals surface area contributed by atoms with Gasteiger partial charge in [-0.25, -0.2) is 4.79 Å². The molecule has 28 heavy (non-hydrogen) atoms. The van der Waals surface area contributed by atoms with Crippen molar-refractivity contribution in [2.45, 2.75) is 13.1 Å². The van der Waals surface area contributed by atoms with Crippen molar-refractivity contribution in [1.82, 2.24) is 4.57 Å². The summed E-state index contributed by atoms with van der Waals surface area (Å²) < 4.78 is 41.9. The van der Waals surface area contributed by atoms with Gasteiger partial charge in [-0.15, -0.1) is 11.3 Å². The fourth-order valence-corrected chi connectivity index (χ4v) is 3.77. The normalized spacial score (nSPS) is 12.4. The molecule has 2 aromatic carbocycles. The van der Waals surface area contributed by atoms with Crippen LogP contribution in [0.3, 0.4) is 0 Å². The second kappa shape index (κ2) is 7.12. The van der Waals surface area contributed by atoms with Crippen molar-refractivity contribution in [3.05, 3.63) is 79.4 Å².